The molecular weight excluding hydrogens is 327 g/mol. The summed E-state index contributed by atoms with van der Waals surface area (Å²) in [7, 11) is 0. The first-order valence-corrected chi connectivity index (χ1v) is 6.67. The van der Waals surface area contributed by atoms with Crippen LogP contribution in [0.2, 0.25) is 0 Å². The minimum Gasteiger partial charge on any atom is -0.489 e. The third kappa shape index (κ3) is 3.36. The van der Waals surface area contributed by atoms with Crippen LogP contribution in [0.15, 0.2) is 40.9 Å². The molecule has 104 valence electrons. The van der Waals surface area contributed by atoms with Crippen LogP contribution in [0.4, 0.5) is 4.39 Å². The Bertz CT molecular complexity index is 656. The summed E-state index contributed by atoms with van der Waals surface area (Å²) in [5.74, 6) is -0.984. The van der Waals surface area contributed by atoms with Gasteiger partial charge in [-0.15, -0.1) is 0 Å². The number of carboxylic acid groups (broad SMARTS) is 1. The van der Waals surface area contributed by atoms with Crippen LogP contribution in [0.25, 0.3) is 0 Å². The molecule has 2 aromatic carbocycles. The Hall–Kier alpha value is -1.88. The summed E-state index contributed by atoms with van der Waals surface area (Å²) < 4.78 is 19.7. The number of hydrogen-bond acceptors (Lipinski definition) is 2. The van der Waals surface area contributed by atoms with Crippen LogP contribution in [0.5, 0.6) is 5.75 Å². The second kappa shape index (κ2) is 6.05. The second-order valence-electron chi connectivity index (χ2n) is 4.31. The number of ether oxygens (including phenoxy) is 1. The molecule has 0 aromatic heterocycles. The molecule has 0 heterocycles. The average Bonchev–Trinajstić information content (AvgIpc) is 2.40. The Kier molecular flexibility index (Phi) is 4.39. The van der Waals surface area contributed by atoms with E-state index < -0.39 is 11.8 Å². The molecule has 0 fully saturated rings. The van der Waals surface area contributed by atoms with Crippen molar-refractivity contribution in [3.05, 3.63) is 63.4 Å². The quantitative estimate of drug-likeness (QED) is 0.909. The third-order valence-electron chi connectivity index (χ3n) is 2.82. The number of hydrogen-bond donors (Lipinski definition) is 1. The molecule has 2 rings (SSSR count). The largest absolute Gasteiger partial charge is 0.489 e. The van der Waals surface area contributed by atoms with Crippen LogP contribution in [0.3, 0.4) is 0 Å². The normalized spacial score (nSPS) is 10.3. The SMILES string of the molecule is Cc1cc(OCc2cc(F)ccc2C(=O)O)ccc1Br. The molecule has 3 nitrogen and oxygen atoms in total. The number of halogens is 2. The number of rotatable bonds is 4. The van der Waals surface area contributed by atoms with Crippen molar-refractivity contribution in [1.82, 2.24) is 0 Å². The number of benzene rings is 2. The summed E-state index contributed by atoms with van der Waals surface area (Å²) in [4.78, 5) is 11.1. The van der Waals surface area contributed by atoms with Crippen LogP contribution in [-0.2, 0) is 6.61 Å². The van der Waals surface area contributed by atoms with Gasteiger partial charge >= 0.3 is 5.97 Å². The van der Waals surface area contributed by atoms with Crippen molar-refractivity contribution in [3.63, 3.8) is 0 Å². The maximum atomic E-state index is 13.2. The minimum atomic E-state index is -1.10. The van der Waals surface area contributed by atoms with Gasteiger partial charge in [0, 0.05) is 10.0 Å². The fourth-order valence-electron chi connectivity index (χ4n) is 1.76. The molecule has 0 radical (unpaired) electrons. The van der Waals surface area contributed by atoms with Crippen molar-refractivity contribution >= 4 is 21.9 Å². The van der Waals surface area contributed by atoms with E-state index in [1.54, 1.807) is 6.07 Å². The maximum Gasteiger partial charge on any atom is 0.336 e. The Labute approximate surface area is 124 Å². The fraction of sp³-hybridized carbons (Fsp3) is 0.133. The molecule has 0 aliphatic rings. The number of carboxylic acids is 1. The zero-order valence-corrected chi connectivity index (χ0v) is 12.3. The Morgan fingerprint density at radius 3 is 2.70 bits per heavy atom. The first kappa shape index (κ1) is 14.5. The van der Waals surface area contributed by atoms with E-state index in [-0.39, 0.29) is 12.2 Å². The summed E-state index contributed by atoms with van der Waals surface area (Å²) in [6.45, 7) is 1.92. The number of aromatic carboxylic acids is 1. The van der Waals surface area contributed by atoms with Crippen LogP contribution in [0.1, 0.15) is 21.5 Å². The van der Waals surface area contributed by atoms with Gasteiger partial charge in [0.25, 0.3) is 0 Å². The van der Waals surface area contributed by atoms with Crippen LogP contribution in [-0.4, -0.2) is 11.1 Å². The molecule has 0 saturated heterocycles. The molecule has 2 aromatic rings. The van der Waals surface area contributed by atoms with Gasteiger partial charge < -0.3 is 9.84 Å². The van der Waals surface area contributed by atoms with E-state index in [4.69, 9.17) is 9.84 Å². The summed E-state index contributed by atoms with van der Waals surface area (Å²) in [6.07, 6.45) is 0. The molecule has 0 saturated carbocycles. The molecule has 0 aliphatic carbocycles. The van der Waals surface area contributed by atoms with Gasteiger partial charge in [-0.1, -0.05) is 15.9 Å². The van der Waals surface area contributed by atoms with Crippen LogP contribution in [0, 0.1) is 12.7 Å². The Balaban J connectivity index is 2.20. The molecule has 5 heteroatoms. The highest BCUT2D eigenvalue weighted by molar-refractivity contribution is 9.10. The molecule has 0 spiro atoms. The molecule has 0 atom stereocenters. The van der Waals surface area contributed by atoms with Gasteiger partial charge in [0.15, 0.2) is 0 Å². The van der Waals surface area contributed by atoms with Crippen molar-refractivity contribution in [2.24, 2.45) is 0 Å². The average molecular weight is 339 g/mol. The van der Waals surface area contributed by atoms with Crippen molar-refractivity contribution in [3.8, 4) is 5.75 Å². The molecule has 20 heavy (non-hydrogen) atoms. The standard InChI is InChI=1S/C15H12BrFO3/c1-9-6-12(3-5-14(9)16)20-8-10-7-11(17)2-4-13(10)15(18)19/h2-7H,8H2,1H3,(H,18,19). The number of carbonyl (C=O) groups is 1. The van der Waals surface area contributed by atoms with Crippen molar-refractivity contribution in [2.45, 2.75) is 13.5 Å². The van der Waals surface area contributed by atoms with Gasteiger partial charge in [0.05, 0.1) is 5.56 Å². The smallest absolute Gasteiger partial charge is 0.336 e. The third-order valence-corrected chi connectivity index (χ3v) is 3.71. The lowest BCUT2D eigenvalue weighted by Crippen LogP contribution is -2.06. The van der Waals surface area contributed by atoms with Crippen molar-refractivity contribution in [2.75, 3.05) is 0 Å². The number of aryl methyl sites for hydroxylation is 1. The van der Waals surface area contributed by atoms with Gasteiger partial charge in [-0.05, 0) is 48.9 Å². The van der Waals surface area contributed by atoms with E-state index in [1.165, 1.54) is 12.1 Å². The van der Waals surface area contributed by atoms with Crippen LogP contribution < -0.4 is 4.74 Å². The van der Waals surface area contributed by atoms with E-state index >= 15 is 0 Å². The van der Waals surface area contributed by atoms with E-state index in [9.17, 15) is 9.18 Å². The fourth-order valence-corrected chi connectivity index (χ4v) is 2.01. The molecule has 0 amide bonds. The van der Waals surface area contributed by atoms with Gasteiger partial charge in [-0.3, -0.25) is 0 Å². The molecule has 0 aliphatic heterocycles. The Morgan fingerprint density at radius 2 is 2.05 bits per heavy atom. The zero-order chi connectivity index (χ0) is 14.7. The predicted molar refractivity (Wildman–Crippen MR) is 76.6 cm³/mol. The molecule has 0 unspecified atom stereocenters. The first-order valence-electron chi connectivity index (χ1n) is 5.88. The molecular formula is C15H12BrFO3. The van der Waals surface area contributed by atoms with Gasteiger partial charge in [-0.25, -0.2) is 9.18 Å². The first-order chi connectivity index (χ1) is 9.47. The van der Waals surface area contributed by atoms with Crippen LogP contribution >= 0.6 is 15.9 Å². The van der Waals surface area contributed by atoms with Gasteiger partial charge in [0.2, 0.25) is 0 Å². The van der Waals surface area contributed by atoms with Gasteiger partial charge in [0.1, 0.15) is 18.2 Å². The highest BCUT2D eigenvalue weighted by Gasteiger charge is 2.11. The summed E-state index contributed by atoms with van der Waals surface area (Å²) in [5.41, 5.74) is 1.35. The summed E-state index contributed by atoms with van der Waals surface area (Å²) >= 11 is 3.38. The van der Waals surface area contributed by atoms with E-state index in [2.05, 4.69) is 15.9 Å². The van der Waals surface area contributed by atoms with E-state index in [0.717, 1.165) is 16.1 Å². The maximum absolute atomic E-state index is 13.2. The lowest BCUT2D eigenvalue weighted by Gasteiger charge is -2.10. The molecule has 1 N–H and O–H groups in total. The monoisotopic (exact) mass is 338 g/mol. The van der Waals surface area contributed by atoms with E-state index in [1.807, 2.05) is 19.1 Å². The van der Waals surface area contributed by atoms with Crippen molar-refractivity contribution in [1.29, 1.82) is 0 Å². The lowest BCUT2D eigenvalue weighted by molar-refractivity contribution is 0.0694. The lowest BCUT2D eigenvalue weighted by atomic mass is 10.1. The molecule has 0 bridgehead atoms. The highest BCUT2D eigenvalue weighted by atomic mass is 79.9. The predicted octanol–water partition coefficient (Wildman–Crippen LogP) is 4.17. The highest BCUT2D eigenvalue weighted by Crippen LogP contribution is 2.23. The Morgan fingerprint density at radius 1 is 1.30 bits per heavy atom. The van der Waals surface area contributed by atoms with Crippen molar-refractivity contribution < 1.29 is 19.0 Å². The summed E-state index contributed by atoms with van der Waals surface area (Å²) in [6, 6.07) is 8.96. The minimum absolute atomic E-state index is 0.000462. The zero-order valence-electron chi connectivity index (χ0n) is 10.7. The topological polar surface area (TPSA) is 46.5 Å². The van der Waals surface area contributed by atoms with Gasteiger partial charge in [-0.2, -0.15) is 0 Å². The summed E-state index contributed by atoms with van der Waals surface area (Å²) in [5, 5.41) is 9.05. The second-order valence-corrected chi connectivity index (χ2v) is 5.16. The van der Waals surface area contributed by atoms with E-state index in [0.29, 0.717) is 11.3 Å².